The van der Waals surface area contributed by atoms with Crippen LogP contribution in [0.1, 0.15) is 12.5 Å². The van der Waals surface area contributed by atoms with Gasteiger partial charge in [0.1, 0.15) is 11.9 Å². The number of halogens is 3. The van der Waals surface area contributed by atoms with Crippen molar-refractivity contribution in [2.24, 2.45) is 0 Å². The van der Waals surface area contributed by atoms with Crippen LogP contribution in [0.3, 0.4) is 0 Å². The fourth-order valence-electron chi connectivity index (χ4n) is 1.64. The quantitative estimate of drug-likeness (QED) is 0.621. The maximum atomic E-state index is 13.7. The molecule has 0 amide bonds. The lowest BCUT2D eigenvalue weighted by atomic mass is 9.97. The highest BCUT2D eigenvalue weighted by Gasteiger charge is 2.36. The van der Waals surface area contributed by atoms with Gasteiger partial charge in [-0.05, 0) is 32.6 Å². The summed E-state index contributed by atoms with van der Waals surface area (Å²) < 4.78 is 45.3. The van der Waals surface area contributed by atoms with E-state index in [-0.39, 0.29) is 5.56 Å². The Kier molecular flexibility index (Phi) is 3.88. The zero-order chi connectivity index (χ0) is 14.1. The van der Waals surface area contributed by atoms with Crippen LogP contribution in [-0.2, 0) is 10.0 Å². The maximum absolute atomic E-state index is 13.7. The van der Waals surface area contributed by atoms with E-state index in [1.54, 1.807) is 0 Å². The van der Waals surface area contributed by atoms with Gasteiger partial charge < -0.3 is 4.43 Å². The Morgan fingerprint density at radius 1 is 1.11 bits per heavy atom. The van der Waals surface area contributed by atoms with Gasteiger partial charge in [-0.3, -0.25) is 0 Å². The average Bonchev–Trinajstić information content (AvgIpc) is 2.20. The lowest BCUT2D eigenvalue weighted by molar-refractivity contribution is 0.135. The van der Waals surface area contributed by atoms with Gasteiger partial charge in [0.25, 0.3) is 0 Å². The Morgan fingerprint density at radius 3 is 2.06 bits per heavy atom. The predicted molar refractivity (Wildman–Crippen MR) is 63.7 cm³/mol. The molecule has 98 valence electrons. The molecule has 0 spiro atoms. The molecule has 0 fully saturated rings. The molecule has 1 atom stereocenters. The zero-order valence-electron chi connectivity index (χ0n) is 10.6. The van der Waals surface area contributed by atoms with Crippen LogP contribution in [-0.4, -0.2) is 8.32 Å². The van der Waals surface area contributed by atoms with Crippen molar-refractivity contribution in [1.82, 2.24) is 0 Å². The molecule has 0 aliphatic rings. The lowest BCUT2D eigenvalue weighted by Gasteiger charge is -2.31. The molecule has 0 aliphatic carbocycles. The summed E-state index contributed by atoms with van der Waals surface area (Å²) in [6.45, 7) is 6.81. The van der Waals surface area contributed by atoms with Crippen molar-refractivity contribution in [3.63, 3.8) is 0 Å². The summed E-state index contributed by atoms with van der Waals surface area (Å²) in [5.74, 6) is -3.48. The lowest BCUT2D eigenvalue weighted by Crippen LogP contribution is -2.38. The molecular weight excluding hydrogens is 259 g/mol. The van der Waals surface area contributed by atoms with E-state index in [1.165, 1.54) is 6.92 Å². The average molecular weight is 273 g/mol. The van der Waals surface area contributed by atoms with Gasteiger partial charge in [0.05, 0.1) is 0 Å². The SMILES string of the molecule is C[C@](C#N)(O[Si](C)(C)C)c1cc(F)c(F)cc1F. The Morgan fingerprint density at radius 2 is 1.61 bits per heavy atom. The number of nitrogens with zero attached hydrogens (tertiary/aromatic N) is 1. The molecule has 1 aromatic rings. The van der Waals surface area contributed by atoms with E-state index in [1.807, 2.05) is 25.7 Å². The highest BCUT2D eigenvalue weighted by Crippen LogP contribution is 2.31. The number of hydrogen-bond donors (Lipinski definition) is 0. The first-order valence-corrected chi connectivity index (χ1v) is 8.76. The molecule has 0 heterocycles. The molecular formula is C12H14F3NOSi. The van der Waals surface area contributed by atoms with Gasteiger partial charge in [-0.15, -0.1) is 0 Å². The highest BCUT2D eigenvalue weighted by atomic mass is 28.4. The molecule has 6 heteroatoms. The van der Waals surface area contributed by atoms with Crippen LogP contribution < -0.4 is 0 Å². The standard InChI is InChI=1S/C12H14F3NOSi/c1-12(7-16,17-18(2,3)4)8-5-10(14)11(15)6-9(8)13/h5-6H,1-4H3/t12-/m1/s1. The minimum atomic E-state index is -2.16. The van der Waals surface area contributed by atoms with E-state index in [2.05, 4.69) is 0 Å². The summed E-state index contributed by atoms with van der Waals surface area (Å²) in [5.41, 5.74) is -1.91. The summed E-state index contributed by atoms with van der Waals surface area (Å²) in [6.07, 6.45) is 0. The van der Waals surface area contributed by atoms with Gasteiger partial charge in [0.15, 0.2) is 25.6 Å². The third-order valence-electron chi connectivity index (χ3n) is 2.25. The van der Waals surface area contributed by atoms with E-state index in [0.29, 0.717) is 12.1 Å². The van der Waals surface area contributed by atoms with E-state index < -0.39 is 31.4 Å². The minimum absolute atomic E-state index is 0.286. The third-order valence-corrected chi connectivity index (χ3v) is 3.27. The van der Waals surface area contributed by atoms with Crippen LogP contribution in [0.25, 0.3) is 0 Å². The largest absolute Gasteiger partial charge is 0.397 e. The monoisotopic (exact) mass is 273 g/mol. The van der Waals surface area contributed by atoms with Crippen molar-refractivity contribution in [3.05, 3.63) is 35.1 Å². The first kappa shape index (κ1) is 14.7. The second-order valence-electron chi connectivity index (χ2n) is 5.11. The fraction of sp³-hybridized carbons (Fsp3) is 0.417. The Hall–Kier alpha value is -1.32. The van der Waals surface area contributed by atoms with Crippen molar-refractivity contribution in [3.8, 4) is 6.07 Å². The van der Waals surface area contributed by atoms with Crippen molar-refractivity contribution in [2.75, 3.05) is 0 Å². The summed E-state index contributed by atoms with van der Waals surface area (Å²) in [5, 5.41) is 9.15. The summed E-state index contributed by atoms with van der Waals surface area (Å²) in [6, 6.07) is 2.92. The van der Waals surface area contributed by atoms with Crippen molar-refractivity contribution >= 4 is 8.32 Å². The summed E-state index contributed by atoms with van der Waals surface area (Å²) >= 11 is 0. The van der Waals surface area contributed by atoms with E-state index >= 15 is 0 Å². The Labute approximate surface area is 105 Å². The van der Waals surface area contributed by atoms with Crippen LogP contribution in [0, 0.1) is 28.8 Å². The maximum Gasteiger partial charge on any atom is 0.186 e. The van der Waals surface area contributed by atoms with Crippen LogP contribution in [0.2, 0.25) is 19.6 Å². The summed E-state index contributed by atoms with van der Waals surface area (Å²) in [7, 11) is -2.16. The second kappa shape index (κ2) is 4.75. The molecule has 0 saturated carbocycles. The number of benzene rings is 1. The molecule has 0 aliphatic heterocycles. The normalized spacial score (nSPS) is 15.0. The number of rotatable bonds is 3. The molecule has 0 N–H and O–H groups in total. The van der Waals surface area contributed by atoms with Gasteiger partial charge in [0, 0.05) is 11.6 Å². The molecule has 0 aromatic heterocycles. The second-order valence-corrected chi connectivity index (χ2v) is 9.53. The molecule has 0 saturated heterocycles. The van der Waals surface area contributed by atoms with Gasteiger partial charge in [-0.1, -0.05) is 0 Å². The van der Waals surface area contributed by atoms with E-state index in [0.717, 1.165) is 0 Å². The Bertz CT molecular complexity index is 507. The van der Waals surface area contributed by atoms with E-state index in [4.69, 9.17) is 9.69 Å². The zero-order valence-corrected chi connectivity index (χ0v) is 11.6. The summed E-state index contributed by atoms with van der Waals surface area (Å²) in [4.78, 5) is 0. The molecule has 1 rings (SSSR count). The third kappa shape index (κ3) is 3.12. The predicted octanol–water partition coefficient (Wildman–Crippen LogP) is 3.69. The fourth-order valence-corrected chi connectivity index (χ4v) is 3.02. The van der Waals surface area contributed by atoms with Crippen molar-refractivity contribution in [1.29, 1.82) is 5.26 Å². The van der Waals surface area contributed by atoms with Crippen LogP contribution in [0.5, 0.6) is 0 Å². The Balaban J connectivity index is 3.34. The minimum Gasteiger partial charge on any atom is -0.397 e. The molecule has 1 aromatic carbocycles. The molecule has 0 radical (unpaired) electrons. The van der Waals surface area contributed by atoms with Crippen LogP contribution >= 0.6 is 0 Å². The number of nitriles is 1. The topological polar surface area (TPSA) is 33.0 Å². The van der Waals surface area contributed by atoms with Crippen molar-refractivity contribution in [2.45, 2.75) is 32.2 Å². The van der Waals surface area contributed by atoms with Gasteiger partial charge in [-0.25, -0.2) is 13.2 Å². The molecule has 0 unspecified atom stereocenters. The van der Waals surface area contributed by atoms with Crippen molar-refractivity contribution < 1.29 is 17.6 Å². The van der Waals surface area contributed by atoms with Crippen LogP contribution in [0.15, 0.2) is 12.1 Å². The van der Waals surface area contributed by atoms with Gasteiger partial charge in [-0.2, -0.15) is 5.26 Å². The van der Waals surface area contributed by atoms with Crippen LogP contribution in [0.4, 0.5) is 13.2 Å². The van der Waals surface area contributed by atoms with Gasteiger partial charge in [0.2, 0.25) is 0 Å². The number of hydrogen-bond acceptors (Lipinski definition) is 2. The van der Waals surface area contributed by atoms with Gasteiger partial charge >= 0.3 is 0 Å². The molecule has 2 nitrogen and oxygen atoms in total. The smallest absolute Gasteiger partial charge is 0.186 e. The molecule has 0 bridgehead atoms. The highest BCUT2D eigenvalue weighted by molar-refractivity contribution is 6.69. The first-order chi connectivity index (χ1) is 8.09. The van der Waals surface area contributed by atoms with E-state index in [9.17, 15) is 13.2 Å². The first-order valence-electron chi connectivity index (χ1n) is 5.35. The molecule has 18 heavy (non-hydrogen) atoms.